The van der Waals surface area contributed by atoms with Gasteiger partial charge in [-0.25, -0.2) is 4.39 Å². The molecule has 0 unspecified atom stereocenters. The summed E-state index contributed by atoms with van der Waals surface area (Å²) in [6.45, 7) is 0. The predicted octanol–water partition coefficient (Wildman–Crippen LogP) is 3.66. The first-order valence-electron chi connectivity index (χ1n) is 8.34. The number of fused-ring (bicyclic) bond motifs is 2. The highest BCUT2D eigenvalue weighted by atomic mass is 32.1. The molecule has 0 fully saturated rings. The number of benzene rings is 3. The second-order valence-corrected chi connectivity index (χ2v) is 7.13. The fourth-order valence-corrected chi connectivity index (χ4v) is 3.97. The van der Waals surface area contributed by atoms with Gasteiger partial charge in [-0.1, -0.05) is 53.8 Å². The van der Waals surface area contributed by atoms with Crippen LogP contribution in [0.25, 0.3) is 33.2 Å². The van der Waals surface area contributed by atoms with Gasteiger partial charge in [-0.15, -0.1) is 5.10 Å². The Morgan fingerprint density at radius 2 is 1.74 bits per heavy atom. The molecule has 6 heteroatoms. The molecule has 0 aliphatic carbocycles. The van der Waals surface area contributed by atoms with E-state index in [0.717, 1.165) is 16.3 Å². The molecule has 130 valence electrons. The average Bonchev–Trinajstić information content (AvgIpc) is 3.23. The van der Waals surface area contributed by atoms with Crippen molar-refractivity contribution >= 4 is 33.1 Å². The molecule has 0 radical (unpaired) electrons. The van der Waals surface area contributed by atoms with Gasteiger partial charge in [-0.3, -0.25) is 4.79 Å². The van der Waals surface area contributed by atoms with Crippen LogP contribution in [0, 0.1) is 5.82 Å². The molecule has 4 nitrogen and oxygen atoms in total. The van der Waals surface area contributed by atoms with Crippen molar-refractivity contribution in [1.29, 1.82) is 0 Å². The van der Waals surface area contributed by atoms with Crippen LogP contribution in [0.4, 0.5) is 4.39 Å². The first-order valence-corrected chi connectivity index (χ1v) is 9.16. The van der Waals surface area contributed by atoms with Crippen LogP contribution in [-0.4, -0.2) is 14.6 Å². The van der Waals surface area contributed by atoms with Gasteiger partial charge >= 0.3 is 0 Å². The van der Waals surface area contributed by atoms with Crippen LogP contribution >= 0.6 is 11.3 Å². The van der Waals surface area contributed by atoms with E-state index in [1.165, 1.54) is 28.0 Å². The average molecular weight is 373 g/mol. The van der Waals surface area contributed by atoms with Crippen LogP contribution < -0.4 is 10.1 Å². The van der Waals surface area contributed by atoms with Crippen LogP contribution in [0.15, 0.2) is 71.5 Å². The van der Waals surface area contributed by atoms with E-state index in [1.54, 1.807) is 12.1 Å². The fourth-order valence-electron chi connectivity index (χ4n) is 3.07. The summed E-state index contributed by atoms with van der Waals surface area (Å²) in [4.78, 5) is 17.7. The summed E-state index contributed by atoms with van der Waals surface area (Å²) in [7, 11) is 0. The van der Waals surface area contributed by atoms with Gasteiger partial charge < -0.3 is 0 Å². The molecule has 2 heterocycles. The minimum Gasteiger partial charge on any atom is -0.266 e. The molecule has 0 N–H and O–H groups in total. The van der Waals surface area contributed by atoms with Gasteiger partial charge in [0.05, 0.1) is 4.53 Å². The van der Waals surface area contributed by atoms with Gasteiger partial charge in [0.25, 0.3) is 5.56 Å². The Morgan fingerprint density at radius 3 is 2.56 bits per heavy atom. The molecule has 5 aromatic rings. The maximum atomic E-state index is 13.1. The zero-order valence-corrected chi connectivity index (χ0v) is 14.8. The molecule has 0 aliphatic rings. The monoisotopic (exact) mass is 373 g/mol. The quantitative estimate of drug-likeness (QED) is 0.474. The van der Waals surface area contributed by atoms with Crippen LogP contribution in [0.2, 0.25) is 0 Å². The molecular weight excluding hydrogens is 361 g/mol. The minimum absolute atomic E-state index is 0.205. The third-order valence-corrected chi connectivity index (χ3v) is 5.35. The Kier molecular flexibility index (Phi) is 3.58. The lowest BCUT2D eigenvalue weighted by Crippen LogP contribution is -2.23. The zero-order chi connectivity index (χ0) is 18.4. The predicted molar refractivity (Wildman–Crippen MR) is 105 cm³/mol. The third-order valence-electron chi connectivity index (χ3n) is 4.39. The van der Waals surface area contributed by atoms with Crippen molar-refractivity contribution in [2.45, 2.75) is 0 Å². The molecule has 0 spiro atoms. The van der Waals surface area contributed by atoms with Crippen molar-refractivity contribution in [3.63, 3.8) is 0 Å². The van der Waals surface area contributed by atoms with E-state index in [1.807, 2.05) is 48.5 Å². The first kappa shape index (κ1) is 15.8. The second-order valence-electron chi connectivity index (χ2n) is 6.12. The Bertz CT molecular complexity index is 1400. The summed E-state index contributed by atoms with van der Waals surface area (Å²) in [6.07, 6.45) is 1.88. The summed E-state index contributed by atoms with van der Waals surface area (Å²) in [6, 6.07) is 20.0. The summed E-state index contributed by atoms with van der Waals surface area (Å²) in [5.74, 6) is 0.0892. The molecule has 0 atom stereocenters. The van der Waals surface area contributed by atoms with Crippen molar-refractivity contribution in [2.24, 2.45) is 0 Å². The number of nitrogens with zero attached hydrogens (tertiary/aromatic N) is 3. The SMILES string of the molecule is O=c1c(=Cc2cccc3ccccc23)sc2nc(-c3ccc(F)cc3)nn12. The number of hydrogen-bond acceptors (Lipinski definition) is 4. The number of halogens is 1. The maximum absolute atomic E-state index is 13.1. The fraction of sp³-hybridized carbons (Fsp3) is 0. The summed E-state index contributed by atoms with van der Waals surface area (Å²) >= 11 is 1.29. The standard InChI is InChI=1S/C21H12FN3OS/c22-16-10-8-14(9-11-16)19-23-21-25(24-19)20(26)18(27-21)12-15-6-3-5-13-4-1-2-7-17(13)15/h1-12H. The van der Waals surface area contributed by atoms with Crippen molar-refractivity contribution in [2.75, 3.05) is 0 Å². The largest absolute Gasteiger partial charge is 0.291 e. The molecule has 0 saturated carbocycles. The Morgan fingerprint density at radius 1 is 0.963 bits per heavy atom. The van der Waals surface area contributed by atoms with Crippen LogP contribution in [0.1, 0.15) is 5.56 Å². The second kappa shape index (κ2) is 6.10. The first-order chi connectivity index (χ1) is 13.2. The lowest BCUT2D eigenvalue weighted by atomic mass is 10.0. The zero-order valence-electron chi connectivity index (χ0n) is 14.0. The number of rotatable bonds is 2. The lowest BCUT2D eigenvalue weighted by molar-refractivity contribution is 0.628. The minimum atomic E-state index is -0.323. The highest BCUT2D eigenvalue weighted by Gasteiger charge is 2.12. The van der Waals surface area contributed by atoms with E-state index < -0.39 is 0 Å². The van der Waals surface area contributed by atoms with E-state index in [2.05, 4.69) is 10.1 Å². The van der Waals surface area contributed by atoms with E-state index >= 15 is 0 Å². The normalized spacial score (nSPS) is 12.3. The van der Waals surface area contributed by atoms with Gasteiger partial charge in [0.2, 0.25) is 4.96 Å². The molecule has 0 amide bonds. The van der Waals surface area contributed by atoms with Gasteiger partial charge in [0.1, 0.15) is 5.82 Å². The smallest absolute Gasteiger partial charge is 0.266 e. The van der Waals surface area contributed by atoms with Gasteiger partial charge in [-0.2, -0.15) is 9.50 Å². The van der Waals surface area contributed by atoms with Gasteiger partial charge in [-0.05, 0) is 46.7 Å². The van der Waals surface area contributed by atoms with Crippen LogP contribution in [-0.2, 0) is 0 Å². The number of aromatic nitrogens is 3. The molecule has 0 saturated heterocycles. The highest BCUT2D eigenvalue weighted by molar-refractivity contribution is 7.15. The maximum Gasteiger partial charge on any atom is 0.291 e. The van der Waals surface area contributed by atoms with Crippen molar-refractivity contribution < 1.29 is 4.39 Å². The van der Waals surface area contributed by atoms with Gasteiger partial charge in [0.15, 0.2) is 5.82 Å². The lowest BCUT2D eigenvalue weighted by Gasteiger charge is -2.00. The van der Waals surface area contributed by atoms with Crippen molar-refractivity contribution in [3.05, 3.63) is 93.0 Å². The molecule has 0 aliphatic heterocycles. The van der Waals surface area contributed by atoms with E-state index in [9.17, 15) is 9.18 Å². The topological polar surface area (TPSA) is 47.3 Å². The Hall–Kier alpha value is -3.38. The van der Waals surface area contributed by atoms with E-state index in [0.29, 0.717) is 20.9 Å². The number of thiazole rings is 1. The van der Waals surface area contributed by atoms with Crippen LogP contribution in [0.5, 0.6) is 0 Å². The van der Waals surface area contributed by atoms with E-state index in [4.69, 9.17) is 0 Å². The van der Waals surface area contributed by atoms with Crippen LogP contribution in [0.3, 0.4) is 0 Å². The molecular formula is C21H12FN3OS. The Balaban J connectivity index is 1.65. The van der Waals surface area contributed by atoms with E-state index in [-0.39, 0.29) is 11.4 Å². The summed E-state index contributed by atoms with van der Waals surface area (Å²) in [5.41, 5.74) is 1.45. The molecule has 27 heavy (non-hydrogen) atoms. The van der Waals surface area contributed by atoms with Crippen molar-refractivity contribution in [1.82, 2.24) is 14.6 Å². The summed E-state index contributed by atoms with van der Waals surface area (Å²) in [5, 5.41) is 6.51. The summed E-state index contributed by atoms with van der Waals surface area (Å²) < 4.78 is 15.0. The Labute approximate surface area is 156 Å². The third kappa shape index (κ3) is 2.71. The molecule has 5 rings (SSSR count). The number of hydrogen-bond donors (Lipinski definition) is 0. The molecule has 3 aromatic carbocycles. The molecule has 0 bridgehead atoms. The highest BCUT2D eigenvalue weighted by Crippen LogP contribution is 2.20. The molecule has 2 aromatic heterocycles. The van der Waals surface area contributed by atoms with Crippen molar-refractivity contribution in [3.8, 4) is 11.4 Å². The van der Waals surface area contributed by atoms with Gasteiger partial charge in [0, 0.05) is 5.56 Å².